The van der Waals surface area contributed by atoms with Crippen molar-refractivity contribution in [3.8, 4) is 0 Å². The fourth-order valence-electron chi connectivity index (χ4n) is 2.25. The van der Waals surface area contributed by atoms with Crippen molar-refractivity contribution in [3.05, 3.63) is 0 Å². The van der Waals surface area contributed by atoms with Crippen LogP contribution in [0.3, 0.4) is 0 Å². The Balaban J connectivity index is 1.87. The highest BCUT2D eigenvalue weighted by Crippen LogP contribution is 2.28. The average molecular weight is 259 g/mol. The summed E-state index contributed by atoms with van der Waals surface area (Å²) in [7, 11) is 0. The summed E-state index contributed by atoms with van der Waals surface area (Å²) < 4.78 is 0. The second-order valence-corrected chi connectivity index (χ2v) is 5.95. The Hall–Kier alpha value is -0.220. The van der Waals surface area contributed by atoms with E-state index in [2.05, 4.69) is 5.32 Å². The van der Waals surface area contributed by atoms with E-state index < -0.39 is 0 Å². The van der Waals surface area contributed by atoms with Gasteiger partial charge in [-0.05, 0) is 24.5 Å². The first-order chi connectivity index (χ1) is 8.33. The first kappa shape index (κ1) is 14.8. The van der Waals surface area contributed by atoms with Crippen LogP contribution in [0.5, 0.6) is 0 Å². The zero-order valence-corrected chi connectivity index (χ0v) is 11.4. The number of carbonyl (C=O) groups excluding carboxylic acids is 1. The van der Waals surface area contributed by atoms with E-state index in [9.17, 15) is 4.79 Å². The normalized spacial score (nSPS) is 16.3. The van der Waals surface area contributed by atoms with E-state index in [1.54, 1.807) is 11.8 Å². The molecule has 0 unspecified atom stereocenters. The van der Waals surface area contributed by atoms with Crippen LogP contribution in [0.1, 0.15) is 44.9 Å². The van der Waals surface area contributed by atoms with Gasteiger partial charge in [0, 0.05) is 25.3 Å². The van der Waals surface area contributed by atoms with Gasteiger partial charge in [-0.25, -0.2) is 0 Å². The third kappa shape index (κ3) is 7.66. The molecule has 0 bridgehead atoms. The van der Waals surface area contributed by atoms with Crippen molar-refractivity contribution in [2.24, 2.45) is 5.92 Å². The molecule has 0 heterocycles. The minimum Gasteiger partial charge on any atom is -0.396 e. The molecule has 1 fully saturated rings. The minimum absolute atomic E-state index is 0.208. The van der Waals surface area contributed by atoms with E-state index in [1.165, 1.54) is 25.7 Å². The highest BCUT2D eigenvalue weighted by Gasteiger charge is 2.15. The molecule has 1 aliphatic rings. The predicted molar refractivity (Wildman–Crippen MR) is 73.2 cm³/mol. The summed E-state index contributed by atoms with van der Waals surface area (Å²) in [5.74, 6) is 2.95. The molecule has 4 heteroatoms. The summed E-state index contributed by atoms with van der Waals surface area (Å²) >= 11 is 1.79. The lowest BCUT2D eigenvalue weighted by atomic mass is 10.0. The van der Waals surface area contributed by atoms with Crippen LogP contribution in [-0.2, 0) is 4.79 Å². The van der Waals surface area contributed by atoms with Crippen LogP contribution >= 0.6 is 11.8 Å². The zero-order chi connectivity index (χ0) is 12.3. The number of thioether (sulfide) groups is 1. The highest BCUT2D eigenvalue weighted by atomic mass is 32.2. The van der Waals surface area contributed by atoms with Gasteiger partial charge in [-0.3, -0.25) is 4.79 Å². The maximum Gasteiger partial charge on any atom is 0.220 e. The van der Waals surface area contributed by atoms with Gasteiger partial charge in [-0.1, -0.05) is 25.7 Å². The third-order valence-electron chi connectivity index (χ3n) is 3.27. The number of carbonyl (C=O) groups is 1. The van der Waals surface area contributed by atoms with E-state index in [0.29, 0.717) is 6.42 Å². The maximum absolute atomic E-state index is 11.5. The molecule has 0 saturated heterocycles. The molecule has 1 amide bonds. The summed E-state index contributed by atoms with van der Waals surface area (Å²) in [6, 6.07) is 0. The van der Waals surface area contributed by atoms with Crippen molar-refractivity contribution in [1.29, 1.82) is 0 Å². The molecule has 0 atom stereocenters. The summed E-state index contributed by atoms with van der Waals surface area (Å²) in [5.41, 5.74) is 0. The Morgan fingerprint density at radius 3 is 2.76 bits per heavy atom. The van der Waals surface area contributed by atoms with Gasteiger partial charge in [-0.2, -0.15) is 11.8 Å². The second kappa shape index (κ2) is 9.77. The molecule has 0 spiro atoms. The summed E-state index contributed by atoms with van der Waals surface area (Å²) in [4.78, 5) is 11.5. The molecular weight excluding hydrogens is 234 g/mol. The third-order valence-corrected chi connectivity index (χ3v) is 4.34. The molecule has 17 heavy (non-hydrogen) atoms. The minimum atomic E-state index is 0.208. The molecule has 0 aliphatic heterocycles. The Bertz CT molecular complexity index is 206. The molecule has 1 aliphatic carbocycles. The van der Waals surface area contributed by atoms with E-state index in [1.807, 2.05) is 0 Å². The quantitative estimate of drug-likeness (QED) is 0.624. The summed E-state index contributed by atoms with van der Waals surface area (Å²) in [6.45, 7) is 1.03. The average Bonchev–Trinajstić information content (AvgIpc) is 2.84. The number of aliphatic hydroxyl groups excluding tert-OH is 1. The number of amides is 1. The molecule has 0 aromatic carbocycles. The van der Waals surface area contributed by atoms with Crippen LogP contribution in [0, 0.1) is 5.92 Å². The molecule has 1 rings (SSSR count). The number of hydrogen-bond donors (Lipinski definition) is 2. The van der Waals surface area contributed by atoms with Gasteiger partial charge < -0.3 is 10.4 Å². The largest absolute Gasteiger partial charge is 0.396 e. The molecule has 3 nitrogen and oxygen atoms in total. The maximum atomic E-state index is 11.5. The lowest BCUT2D eigenvalue weighted by Crippen LogP contribution is -2.26. The molecule has 1 saturated carbocycles. The van der Waals surface area contributed by atoms with Gasteiger partial charge >= 0.3 is 0 Å². The first-order valence-electron chi connectivity index (χ1n) is 6.78. The zero-order valence-electron chi connectivity index (χ0n) is 10.6. The highest BCUT2D eigenvalue weighted by molar-refractivity contribution is 7.99. The standard InChI is InChI=1S/C13H25NO2S/c15-9-3-10-17-11-8-14-13(16)7-6-12-4-1-2-5-12/h12,15H,1-11H2,(H,14,16). The number of hydrogen-bond acceptors (Lipinski definition) is 3. The Labute approximate surface area is 109 Å². The lowest BCUT2D eigenvalue weighted by Gasteiger charge is -2.08. The summed E-state index contributed by atoms with van der Waals surface area (Å²) in [6.07, 6.45) is 7.98. The van der Waals surface area contributed by atoms with Crippen LogP contribution in [0.25, 0.3) is 0 Å². The van der Waals surface area contributed by atoms with Crippen molar-refractivity contribution < 1.29 is 9.90 Å². The van der Waals surface area contributed by atoms with E-state index >= 15 is 0 Å². The molecule has 2 N–H and O–H groups in total. The molecule has 0 aromatic heterocycles. The monoisotopic (exact) mass is 259 g/mol. The number of rotatable bonds is 9. The smallest absolute Gasteiger partial charge is 0.220 e. The first-order valence-corrected chi connectivity index (χ1v) is 7.93. The predicted octanol–water partition coefficient (Wildman–Crippen LogP) is 2.19. The van der Waals surface area contributed by atoms with Crippen molar-refractivity contribution in [1.82, 2.24) is 5.32 Å². The van der Waals surface area contributed by atoms with Gasteiger partial charge in [-0.15, -0.1) is 0 Å². The van der Waals surface area contributed by atoms with Crippen molar-refractivity contribution in [2.75, 3.05) is 24.7 Å². The Morgan fingerprint density at radius 1 is 1.29 bits per heavy atom. The van der Waals surface area contributed by atoms with Crippen LogP contribution in [-0.4, -0.2) is 35.7 Å². The summed E-state index contributed by atoms with van der Waals surface area (Å²) in [5, 5.41) is 11.6. The fourth-order valence-corrected chi connectivity index (χ4v) is 3.04. The van der Waals surface area contributed by atoms with Gasteiger partial charge in [0.1, 0.15) is 0 Å². The molecular formula is C13H25NO2S. The molecule has 100 valence electrons. The van der Waals surface area contributed by atoms with E-state index in [4.69, 9.17) is 5.11 Å². The van der Waals surface area contributed by atoms with Crippen molar-refractivity contribution in [3.63, 3.8) is 0 Å². The Kier molecular flexibility index (Phi) is 8.53. The van der Waals surface area contributed by atoms with Crippen LogP contribution in [0.2, 0.25) is 0 Å². The Morgan fingerprint density at radius 2 is 2.06 bits per heavy atom. The van der Waals surface area contributed by atoms with Gasteiger partial charge in [0.25, 0.3) is 0 Å². The van der Waals surface area contributed by atoms with Gasteiger partial charge in [0.2, 0.25) is 5.91 Å². The van der Waals surface area contributed by atoms with Gasteiger partial charge in [0.05, 0.1) is 0 Å². The second-order valence-electron chi connectivity index (χ2n) is 4.73. The van der Waals surface area contributed by atoms with Crippen LogP contribution in [0.4, 0.5) is 0 Å². The van der Waals surface area contributed by atoms with E-state index in [0.717, 1.165) is 36.8 Å². The number of nitrogens with one attached hydrogen (secondary N) is 1. The van der Waals surface area contributed by atoms with Crippen LogP contribution in [0.15, 0.2) is 0 Å². The topological polar surface area (TPSA) is 49.3 Å². The van der Waals surface area contributed by atoms with Crippen LogP contribution < -0.4 is 5.32 Å². The number of aliphatic hydroxyl groups is 1. The SMILES string of the molecule is O=C(CCC1CCCC1)NCCSCCCO. The van der Waals surface area contributed by atoms with Gasteiger partial charge in [0.15, 0.2) is 0 Å². The molecule has 0 aromatic rings. The fraction of sp³-hybridized carbons (Fsp3) is 0.923. The van der Waals surface area contributed by atoms with Crippen molar-refractivity contribution >= 4 is 17.7 Å². The van der Waals surface area contributed by atoms with Crippen molar-refractivity contribution in [2.45, 2.75) is 44.9 Å². The van der Waals surface area contributed by atoms with E-state index in [-0.39, 0.29) is 12.5 Å². The lowest BCUT2D eigenvalue weighted by molar-refractivity contribution is -0.121. The molecule has 0 radical (unpaired) electrons.